The first-order chi connectivity index (χ1) is 8.15. The maximum absolute atomic E-state index is 12.1. The van der Waals surface area contributed by atoms with Crippen LogP contribution in [0.2, 0.25) is 0 Å². The first-order valence-electron chi connectivity index (χ1n) is 5.11. The maximum Gasteiger partial charge on any atom is 0.277 e. The number of amides is 1. The van der Waals surface area contributed by atoms with Crippen molar-refractivity contribution in [1.82, 2.24) is 9.80 Å². The molecule has 2 heterocycles. The van der Waals surface area contributed by atoms with E-state index in [1.807, 2.05) is 30.6 Å². The zero-order valence-electron chi connectivity index (χ0n) is 9.42. The Balaban J connectivity index is 2.33. The molecule has 0 N–H and O–H groups in total. The smallest absolute Gasteiger partial charge is 0.277 e. The summed E-state index contributed by atoms with van der Waals surface area (Å²) in [5, 5.41) is 2.50. The number of nitrogens with zero attached hydrogens (tertiary/aromatic N) is 2. The van der Waals surface area contributed by atoms with Crippen LogP contribution >= 0.6 is 23.6 Å². The largest absolute Gasteiger partial charge is 0.317 e. The molecule has 0 bridgehead atoms. The fraction of sp³-hybridized carbons (Fsp3) is 0.167. The number of likely N-dealkylation sites (N-methyl/N-ethyl adjacent to an activating group) is 1. The van der Waals surface area contributed by atoms with E-state index in [9.17, 15) is 4.79 Å². The van der Waals surface area contributed by atoms with Crippen LogP contribution in [0.25, 0.3) is 6.08 Å². The van der Waals surface area contributed by atoms with Gasteiger partial charge in [-0.05, 0) is 29.7 Å². The molecule has 1 fully saturated rings. The third-order valence-electron chi connectivity index (χ3n) is 2.48. The number of thiophene rings is 1. The molecule has 0 aromatic carbocycles. The topological polar surface area (TPSA) is 23.6 Å². The highest BCUT2D eigenvalue weighted by molar-refractivity contribution is 7.80. The monoisotopic (exact) mass is 264 g/mol. The number of rotatable bonds is 3. The molecule has 0 unspecified atom stereocenters. The average molecular weight is 264 g/mol. The molecule has 88 valence electrons. The Kier molecular flexibility index (Phi) is 3.40. The second-order valence-corrected chi connectivity index (χ2v) is 4.94. The van der Waals surface area contributed by atoms with Gasteiger partial charge in [-0.1, -0.05) is 12.1 Å². The second-order valence-electron chi connectivity index (χ2n) is 3.59. The summed E-state index contributed by atoms with van der Waals surface area (Å²) in [5.74, 6) is -0.0641. The summed E-state index contributed by atoms with van der Waals surface area (Å²) in [6.45, 7) is 4.08. The normalized spacial score (nSPS) is 18.3. The molecule has 1 amide bonds. The van der Waals surface area contributed by atoms with E-state index in [1.54, 1.807) is 27.2 Å². The van der Waals surface area contributed by atoms with Gasteiger partial charge in [0, 0.05) is 18.5 Å². The Morgan fingerprint density at radius 1 is 1.59 bits per heavy atom. The minimum Gasteiger partial charge on any atom is -0.317 e. The van der Waals surface area contributed by atoms with Gasteiger partial charge in [0.15, 0.2) is 5.11 Å². The molecule has 2 rings (SSSR count). The SMILES string of the molecule is C=CCN1C(=O)/C(=C\c2cccs2)N(C)C1=S. The van der Waals surface area contributed by atoms with Crippen molar-refractivity contribution in [2.24, 2.45) is 0 Å². The van der Waals surface area contributed by atoms with Crippen molar-refractivity contribution in [3.8, 4) is 0 Å². The standard InChI is InChI=1S/C12H12N2OS2/c1-3-6-14-11(15)10(13(2)12(14)16)8-9-5-4-7-17-9/h3-5,7-8H,1,6H2,2H3/b10-8+. The molecule has 3 nitrogen and oxygen atoms in total. The summed E-state index contributed by atoms with van der Waals surface area (Å²) in [6, 6.07) is 3.92. The van der Waals surface area contributed by atoms with Gasteiger partial charge in [0.25, 0.3) is 5.91 Å². The van der Waals surface area contributed by atoms with Gasteiger partial charge in [-0.25, -0.2) is 0 Å². The molecule has 0 aliphatic carbocycles. The first kappa shape index (κ1) is 12.0. The van der Waals surface area contributed by atoms with Crippen LogP contribution in [0, 0.1) is 0 Å². The van der Waals surface area contributed by atoms with Gasteiger partial charge in [-0.3, -0.25) is 9.69 Å². The highest BCUT2D eigenvalue weighted by Crippen LogP contribution is 2.23. The van der Waals surface area contributed by atoms with Gasteiger partial charge in [-0.15, -0.1) is 17.9 Å². The van der Waals surface area contributed by atoms with Crippen LogP contribution in [0.1, 0.15) is 4.88 Å². The summed E-state index contributed by atoms with van der Waals surface area (Å²) in [5.41, 5.74) is 0.610. The van der Waals surface area contributed by atoms with Gasteiger partial charge < -0.3 is 4.90 Å². The number of hydrogen-bond acceptors (Lipinski definition) is 3. The highest BCUT2D eigenvalue weighted by Gasteiger charge is 2.34. The Morgan fingerprint density at radius 2 is 2.35 bits per heavy atom. The molecular formula is C12H12N2OS2. The van der Waals surface area contributed by atoms with E-state index >= 15 is 0 Å². The fourth-order valence-corrected chi connectivity index (χ4v) is 2.52. The minimum absolute atomic E-state index is 0.0641. The van der Waals surface area contributed by atoms with Crippen molar-refractivity contribution in [2.45, 2.75) is 0 Å². The third kappa shape index (κ3) is 2.16. The summed E-state index contributed by atoms with van der Waals surface area (Å²) in [6.07, 6.45) is 3.54. The molecule has 0 saturated carbocycles. The van der Waals surface area contributed by atoms with Gasteiger partial charge in [0.1, 0.15) is 5.70 Å². The molecule has 0 spiro atoms. The lowest BCUT2D eigenvalue weighted by atomic mass is 10.3. The van der Waals surface area contributed by atoms with E-state index < -0.39 is 0 Å². The van der Waals surface area contributed by atoms with Crippen molar-refractivity contribution >= 4 is 40.7 Å². The fourth-order valence-electron chi connectivity index (χ4n) is 1.61. The number of carbonyl (C=O) groups is 1. The number of hydrogen-bond donors (Lipinski definition) is 0. The van der Waals surface area contributed by atoms with Crippen molar-refractivity contribution in [3.63, 3.8) is 0 Å². The van der Waals surface area contributed by atoms with Gasteiger partial charge in [0.2, 0.25) is 0 Å². The van der Waals surface area contributed by atoms with Crippen LogP contribution in [0.15, 0.2) is 35.9 Å². The predicted molar refractivity (Wildman–Crippen MR) is 74.6 cm³/mol. The van der Waals surface area contributed by atoms with E-state index in [1.165, 1.54) is 0 Å². The van der Waals surface area contributed by atoms with Gasteiger partial charge in [0.05, 0.1) is 0 Å². The van der Waals surface area contributed by atoms with E-state index in [-0.39, 0.29) is 5.91 Å². The zero-order chi connectivity index (χ0) is 12.4. The van der Waals surface area contributed by atoms with Crippen LogP contribution in [-0.2, 0) is 4.79 Å². The molecule has 1 saturated heterocycles. The van der Waals surface area contributed by atoms with Crippen molar-refractivity contribution in [3.05, 3.63) is 40.7 Å². The summed E-state index contributed by atoms with van der Waals surface area (Å²) in [4.78, 5) is 16.5. The number of carbonyl (C=O) groups excluding carboxylic acids is 1. The number of thiocarbonyl (C=S) groups is 1. The Hall–Kier alpha value is -1.46. The van der Waals surface area contributed by atoms with Gasteiger partial charge >= 0.3 is 0 Å². The summed E-state index contributed by atoms with van der Waals surface area (Å²) >= 11 is 6.82. The maximum atomic E-state index is 12.1. The molecule has 1 aromatic heterocycles. The Morgan fingerprint density at radius 3 is 2.94 bits per heavy atom. The highest BCUT2D eigenvalue weighted by atomic mass is 32.1. The molecule has 1 aliphatic heterocycles. The van der Waals surface area contributed by atoms with E-state index in [0.717, 1.165) is 4.88 Å². The predicted octanol–water partition coefficient (Wildman–Crippen LogP) is 2.33. The van der Waals surface area contributed by atoms with E-state index in [2.05, 4.69) is 6.58 Å². The second kappa shape index (κ2) is 4.81. The zero-order valence-corrected chi connectivity index (χ0v) is 11.1. The lowest BCUT2D eigenvalue weighted by molar-refractivity contribution is -0.122. The van der Waals surface area contributed by atoms with Crippen LogP contribution in [0.5, 0.6) is 0 Å². The molecule has 0 radical (unpaired) electrons. The minimum atomic E-state index is -0.0641. The van der Waals surface area contributed by atoms with Crippen LogP contribution in [0.4, 0.5) is 0 Å². The first-order valence-corrected chi connectivity index (χ1v) is 6.39. The Labute approximate surface area is 110 Å². The molecule has 17 heavy (non-hydrogen) atoms. The molecule has 1 aromatic rings. The Bertz CT molecular complexity index is 491. The van der Waals surface area contributed by atoms with E-state index in [0.29, 0.717) is 17.4 Å². The van der Waals surface area contributed by atoms with Crippen molar-refractivity contribution in [2.75, 3.05) is 13.6 Å². The van der Waals surface area contributed by atoms with Crippen molar-refractivity contribution < 1.29 is 4.79 Å². The quantitative estimate of drug-likeness (QED) is 0.475. The molecule has 5 heteroatoms. The van der Waals surface area contributed by atoms with Crippen molar-refractivity contribution in [1.29, 1.82) is 0 Å². The van der Waals surface area contributed by atoms with Gasteiger partial charge in [-0.2, -0.15) is 0 Å². The lowest BCUT2D eigenvalue weighted by Crippen LogP contribution is -2.31. The molecular weight excluding hydrogens is 252 g/mol. The van der Waals surface area contributed by atoms with E-state index in [4.69, 9.17) is 12.2 Å². The van der Waals surface area contributed by atoms with Crippen LogP contribution < -0.4 is 0 Å². The van der Waals surface area contributed by atoms with Crippen LogP contribution in [-0.4, -0.2) is 34.4 Å². The molecule has 1 aliphatic rings. The summed E-state index contributed by atoms with van der Waals surface area (Å²) < 4.78 is 0. The van der Waals surface area contributed by atoms with Crippen LogP contribution in [0.3, 0.4) is 0 Å². The average Bonchev–Trinajstić information content (AvgIpc) is 2.88. The lowest BCUT2D eigenvalue weighted by Gasteiger charge is -2.13. The third-order valence-corrected chi connectivity index (χ3v) is 3.79. The summed E-state index contributed by atoms with van der Waals surface area (Å²) in [7, 11) is 1.81. The molecule has 0 atom stereocenters.